The summed E-state index contributed by atoms with van der Waals surface area (Å²) in [5.74, 6) is -0.427. The number of carbonyl (C=O) groups is 2. The van der Waals surface area contributed by atoms with Gasteiger partial charge in [0.25, 0.3) is 5.91 Å². The van der Waals surface area contributed by atoms with E-state index >= 15 is 0 Å². The molecule has 0 unspecified atom stereocenters. The van der Waals surface area contributed by atoms with E-state index in [0.717, 1.165) is 37.3 Å². The van der Waals surface area contributed by atoms with Crippen molar-refractivity contribution in [2.45, 2.75) is 58.9 Å². The van der Waals surface area contributed by atoms with E-state index in [1.807, 2.05) is 24.8 Å². The molecule has 0 N–H and O–H groups in total. The standard InChI is InChI=1S/C17H27N3O3/c1-14-12-15(2)20(18-14)11-8-17(22)23-13-16(21)19-9-6-4-3-5-7-10-19/h12H,3-11,13H2,1-2H3. The zero-order valence-electron chi connectivity index (χ0n) is 14.2. The second kappa shape index (κ2) is 8.70. The Balaban J connectivity index is 1.70. The lowest BCUT2D eigenvalue weighted by molar-refractivity contribution is -0.152. The SMILES string of the molecule is Cc1cc(C)n(CCC(=O)OCC(=O)N2CCCCCCC2)n1. The van der Waals surface area contributed by atoms with Gasteiger partial charge in [0.15, 0.2) is 6.61 Å². The lowest BCUT2D eigenvalue weighted by atomic mass is 10.1. The molecule has 1 aliphatic heterocycles. The molecule has 1 amide bonds. The van der Waals surface area contributed by atoms with Crippen LogP contribution in [0.25, 0.3) is 0 Å². The summed E-state index contributed by atoms with van der Waals surface area (Å²) in [5.41, 5.74) is 1.95. The highest BCUT2D eigenvalue weighted by molar-refractivity contribution is 5.80. The number of aromatic nitrogens is 2. The van der Waals surface area contributed by atoms with Crippen LogP contribution >= 0.6 is 0 Å². The molecule has 0 saturated carbocycles. The Morgan fingerprint density at radius 1 is 1.13 bits per heavy atom. The summed E-state index contributed by atoms with van der Waals surface area (Å²) in [6, 6.07) is 1.97. The van der Waals surface area contributed by atoms with Crippen molar-refractivity contribution in [1.29, 1.82) is 0 Å². The van der Waals surface area contributed by atoms with Crippen molar-refractivity contribution in [3.63, 3.8) is 0 Å². The molecule has 6 heteroatoms. The van der Waals surface area contributed by atoms with Gasteiger partial charge in [0.2, 0.25) is 0 Å². The smallest absolute Gasteiger partial charge is 0.308 e. The molecule has 0 aromatic carbocycles. The summed E-state index contributed by atoms with van der Waals surface area (Å²) in [7, 11) is 0. The van der Waals surface area contributed by atoms with Crippen LogP contribution < -0.4 is 0 Å². The van der Waals surface area contributed by atoms with Crippen LogP contribution in [0.4, 0.5) is 0 Å². The topological polar surface area (TPSA) is 64.4 Å². The van der Waals surface area contributed by atoms with E-state index in [0.29, 0.717) is 6.54 Å². The Kier molecular flexibility index (Phi) is 6.62. The van der Waals surface area contributed by atoms with E-state index in [-0.39, 0.29) is 24.9 Å². The summed E-state index contributed by atoms with van der Waals surface area (Å²) < 4.78 is 6.91. The van der Waals surface area contributed by atoms with Crippen molar-refractivity contribution in [3.05, 3.63) is 17.5 Å². The van der Waals surface area contributed by atoms with Gasteiger partial charge in [-0.1, -0.05) is 19.3 Å². The van der Waals surface area contributed by atoms with Crippen molar-refractivity contribution >= 4 is 11.9 Å². The molecule has 23 heavy (non-hydrogen) atoms. The second-order valence-corrected chi connectivity index (χ2v) is 6.21. The number of amides is 1. The average molecular weight is 321 g/mol. The van der Waals surface area contributed by atoms with E-state index < -0.39 is 0 Å². The Morgan fingerprint density at radius 3 is 2.39 bits per heavy atom. The molecule has 1 aliphatic rings. The van der Waals surface area contributed by atoms with Gasteiger partial charge in [0.1, 0.15) is 0 Å². The van der Waals surface area contributed by atoms with Crippen LogP contribution in [0.3, 0.4) is 0 Å². The highest BCUT2D eigenvalue weighted by atomic mass is 16.5. The lowest BCUT2D eigenvalue weighted by Gasteiger charge is -2.24. The maximum Gasteiger partial charge on any atom is 0.308 e. The maximum absolute atomic E-state index is 12.1. The Labute approximate surface area is 137 Å². The molecule has 0 radical (unpaired) electrons. The number of carbonyl (C=O) groups excluding carboxylic acids is 2. The molecule has 128 valence electrons. The third kappa shape index (κ3) is 5.69. The van der Waals surface area contributed by atoms with Crippen molar-refractivity contribution in [3.8, 4) is 0 Å². The number of hydrogen-bond acceptors (Lipinski definition) is 4. The molecule has 0 bridgehead atoms. The molecule has 1 aromatic heterocycles. The number of esters is 1. The van der Waals surface area contributed by atoms with Crippen LogP contribution in [0.2, 0.25) is 0 Å². The first-order valence-corrected chi connectivity index (χ1v) is 8.51. The predicted molar refractivity (Wildman–Crippen MR) is 86.9 cm³/mol. The molecule has 1 saturated heterocycles. The van der Waals surface area contributed by atoms with Gasteiger partial charge in [-0.05, 0) is 32.8 Å². The van der Waals surface area contributed by atoms with Crippen molar-refractivity contribution in [1.82, 2.24) is 14.7 Å². The Hall–Kier alpha value is -1.85. The molecule has 1 fully saturated rings. The van der Waals surface area contributed by atoms with E-state index in [1.54, 1.807) is 4.68 Å². The number of hydrogen-bond donors (Lipinski definition) is 0. The summed E-state index contributed by atoms with van der Waals surface area (Å²) in [6.45, 7) is 5.78. The maximum atomic E-state index is 12.1. The summed E-state index contributed by atoms with van der Waals surface area (Å²) in [5, 5.41) is 4.30. The number of likely N-dealkylation sites (tertiary alicyclic amines) is 1. The highest BCUT2D eigenvalue weighted by Gasteiger charge is 2.16. The molecule has 0 spiro atoms. The number of ether oxygens (including phenoxy) is 1. The summed E-state index contributed by atoms with van der Waals surface area (Å²) >= 11 is 0. The number of rotatable bonds is 5. The first kappa shape index (κ1) is 17.5. The van der Waals surface area contributed by atoms with E-state index in [9.17, 15) is 9.59 Å². The molecular formula is C17H27N3O3. The predicted octanol–water partition coefficient (Wildman–Crippen LogP) is 2.23. The lowest BCUT2D eigenvalue weighted by Crippen LogP contribution is -2.37. The molecular weight excluding hydrogens is 294 g/mol. The fraction of sp³-hybridized carbons (Fsp3) is 0.706. The van der Waals surface area contributed by atoms with Crippen molar-refractivity contribution < 1.29 is 14.3 Å². The fourth-order valence-electron chi connectivity index (χ4n) is 2.90. The van der Waals surface area contributed by atoms with Crippen LogP contribution in [0.5, 0.6) is 0 Å². The highest BCUT2D eigenvalue weighted by Crippen LogP contribution is 2.10. The fourth-order valence-corrected chi connectivity index (χ4v) is 2.90. The van der Waals surface area contributed by atoms with Gasteiger partial charge in [-0.15, -0.1) is 0 Å². The number of aryl methyl sites for hydroxylation is 3. The van der Waals surface area contributed by atoms with Gasteiger partial charge in [-0.2, -0.15) is 5.10 Å². The van der Waals surface area contributed by atoms with Crippen LogP contribution in [-0.4, -0.2) is 46.3 Å². The van der Waals surface area contributed by atoms with Gasteiger partial charge in [0, 0.05) is 18.8 Å². The Bertz CT molecular complexity index is 531. The van der Waals surface area contributed by atoms with Gasteiger partial charge in [-0.25, -0.2) is 0 Å². The molecule has 0 aliphatic carbocycles. The summed E-state index contributed by atoms with van der Waals surface area (Å²) in [4.78, 5) is 25.8. The molecule has 6 nitrogen and oxygen atoms in total. The van der Waals surface area contributed by atoms with E-state index in [4.69, 9.17) is 4.74 Å². The first-order chi connectivity index (χ1) is 11.1. The zero-order chi connectivity index (χ0) is 16.7. The van der Waals surface area contributed by atoms with Crippen LogP contribution in [-0.2, 0) is 20.9 Å². The van der Waals surface area contributed by atoms with Gasteiger partial charge in [0.05, 0.1) is 18.7 Å². The van der Waals surface area contributed by atoms with E-state index in [2.05, 4.69) is 5.10 Å². The van der Waals surface area contributed by atoms with Crippen LogP contribution in [0, 0.1) is 13.8 Å². The van der Waals surface area contributed by atoms with Gasteiger partial charge >= 0.3 is 5.97 Å². The minimum absolute atomic E-state index is 0.0774. The van der Waals surface area contributed by atoms with Crippen molar-refractivity contribution in [2.75, 3.05) is 19.7 Å². The number of nitrogens with zero attached hydrogens (tertiary/aromatic N) is 3. The molecule has 0 atom stereocenters. The normalized spacial score (nSPS) is 15.8. The van der Waals surface area contributed by atoms with E-state index in [1.165, 1.54) is 19.3 Å². The molecule has 1 aromatic rings. The summed E-state index contributed by atoms with van der Waals surface area (Å²) in [6.07, 6.45) is 5.91. The first-order valence-electron chi connectivity index (χ1n) is 8.51. The Morgan fingerprint density at radius 2 is 1.78 bits per heavy atom. The minimum atomic E-state index is -0.349. The minimum Gasteiger partial charge on any atom is -0.456 e. The molecule has 2 heterocycles. The van der Waals surface area contributed by atoms with Gasteiger partial charge < -0.3 is 9.64 Å². The second-order valence-electron chi connectivity index (χ2n) is 6.21. The van der Waals surface area contributed by atoms with Crippen LogP contribution in [0.1, 0.15) is 49.9 Å². The largest absolute Gasteiger partial charge is 0.456 e. The molecule has 2 rings (SSSR count). The van der Waals surface area contributed by atoms with Crippen LogP contribution in [0.15, 0.2) is 6.07 Å². The third-order valence-electron chi connectivity index (χ3n) is 4.20. The quantitative estimate of drug-likeness (QED) is 0.780. The monoisotopic (exact) mass is 321 g/mol. The van der Waals surface area contributed by atoms with Gasteiger partial charge in [-0.3, -0.25) is 14.3 Å². The van der Waals surface area contributed by atoms with Crippen molar-refractivity contribution in [2.24, 2.45) is 0 Å². The zero-order valence-corrected chi connectivity index (χ0v) is 14.2. The third-order valence-corrected chi connectivity index (χ3v) is 4.20. The average Bonchev–Trinajstić information content (AvgIpc) is 2.80.